The average molecular weight is 277 g/mol. The third-order valence-electron chi connectivity index (χ3n) is 2.43. The van der Waals surface area contributed by atoms with E-state index in [2.05, 4.69) is 23.0 Å². The molecule has 3 aromatic rings. The fraction of sp³-hybridized carbons (Fsp3) is 0.167. The van der Waals surface area contributed by atoms with E-state index in [1.54, 1.807) is 29.4 Å². The van der Waals surface area contributed by atoms with E-state index in [9.17, 15) is 0 Å². The van der Waals surface area contributed by atoms with E-state index in [0.29, 0.717) is 5.95 Å². The molecule has 0 saturated carbocycles. The molecule has 3 heterocycles. The van der Waals surface area contributed by atoms with E-state index in [4.69, 9.17) is 10.2 Å². The van der Waals surface area contributed by atoms with Crippen molar-refractivity contribution in [3.63, 3.8) is 0 Å². The lowest BCUT2D eigenvalue weighted by Crippen LogP contribution is -1.95. The fourth-order valence-corrected chi connectivity index (χ4v) is 3.54. The number of hydrogen-bond acceptors (Lipinski definition) is 6. The zero-order chi connectivity index (χ0) is 12.5. The smallest absolute Gasteiger partial charge is 0.222 e. The second-order valence-electron chi connectivity index (χ2n) is 3.83. The highest BCUT2D eigenvalue weighted by molar-refractivity contribution is 7.98. The van der Waals surface area contributed by atoms with E-state index < -0.39 is 0 Å². The van der Waals surface area contributed by atoms with Gasteiger partial charge in [0.25, 0.3) is 0 Å². The van der Waals surface area contributed by atoms with Gasteiger partial charge in [-0.1, -0.05) is 11.8 Å². The minimum Gasteiger partial charge on any atom is -0.468 e. The summed E-state index contributed by atoms with van der Waals surface area (Å²) < 4.78 is 5.31. The van der Waals surface area contributed by atoms with Gasteiger partial charge in [-0.25, -0.2) is 9.97 Å². The summed E-state index contributed by atoms with van der Waals surface area (Å²) in [6, 6.07) is 5.94. The van der Waals surface area contributed by atoms with E-state index in [1.165, 1.54) is 4.88 Å². The minimum atomic E-state index is 0.325. The standard InChI is InChI=1S/C12H11N3OS2/c1-7-5-9-10(14-12(13)15-11(9)18-7)17-6-8-3-2-4-16-8/h2-5H,6H2,1H3,(H2,13,14,15). The number of aryl methyl sites for hydroxylation is 1. The molecule has 0 aliphatic carbocycles. The Hall–Kier alpha value is -1.53. The number of anilines is 1. The van der Waals surface area contributed by atoms with E-state index in [1.807, 2.05) is 12.1 Å². The largest absolute Gasteiger partial charge is 0.468 e. The van der Waals surface area contributed by atoms with E-state index in [-0.39, 0.29) is 0 Å². The number of thioether (sulfide) groups is 1. The average Bonchev–Trinajstić information content (AvgIpc) is 2.93. The quantitative estimate of drug-likeness (QED) is 0.586. The van der Waals surface area contributed by atoms with E-state index >= 15 is 0 Å². The summed E-state index contributed by atoms with van der Waals surface area (Å²) >= 11 is 3.25. The molecule has 0 saturated heterocycles. The van der Waals surface area contributed by atoms with Crippen molar-refractivity contribution >= 4 is 39.3 Å². The van der Waals surface area contributed by atoms with Crippen molar-refractivity contribution in [2.75, 3.05) is 5.73 Å². The first kappa shape index (κ1) is 11.6. The summed E-state index contributed by atoms with van der Waals surface area (Å²) in [6.45, 7) is 2.06. The first-order chi connectivity index (χ1) is 8.72. The van der Waals surface area contributed by atoms with Gasteiger partial charge in [-0.15, -0.1) is 11.3 Å². The van der Waals surface area contributed by atoms with Gasteiger partial charge >= 0.3 is 0 Å². The van der Waals surface area contributed by atoms with Crippen LogP contribution in [0.25, 0.3) is 10.2 Å². The molecule has 4 nitrogen and oxygen atoms in total. The van der Waals surface area contributed by atoms with Crippen LogP contribution in [0.15, 0.2) is 33.9 Å². The zero-order valence-corrected chi connectivity index (χ0v) is 11.3. The number of nitrogen functional groups attached to an aromatic ring is 1. The van der Waals surface area contributed by atoms with Gasteiger partial charge in [0.1, 0.15) is 15.6 Å². The predicted octanol–water partition coefficient (Wildman–Crippen LogP) is 3.47. The molecular formula is C12H11N3OS2. The second kappa shape index (κ2) is 4.62. The molecule has 18 heavy (non-hydrogen) atoms. The van der Waals surface area contributed by atoms with Crippen LogP contribution in [0.3, 0.4) is 0 Å². The highest BCUT2D eigenvalue weighted by Gasteiger charge is 2.10. The number of fused-ring (bicyclic) bond motifs is 1. The van der Waals surface area contributed by atoms with Crippen molar-refractivity contribution in [2.24, 2.45) is 0 Å². The number of nitrogens with zero attached hydrogens (tertiary/aromatic N) is 2. The SMILES string of the molecule is Cc1cc2c(SCc3ccco3)nc(N)nc2s1. The van der Waals surface area contributed by atoms with Crippen LogP contribution in [0.2, 0.25) is 0 Å². The molecule has 0 aliphatic rings. The van der Waals surface area contributed by atoms with Crippen molar-refractivity contribution in [1.82, 2.24) is 9.97 Å². The highest BCUT2D eigenvalue weighted by atomic mass is 32.2. The summed E-state index contributed by atoms with van der Waals surface area (Å²) in [6.07, 6.45) is 1.68. The second-order valence-corrected chi connectivity index (χ2v) is 6.03. The first-order valence-corrected chi connectivity index (χ1v) is 7.21. The van der Waals surface area contributed by atoms with Crippen LogP contribution in [0, 0.1) is 6.92 Å². The molecule has 0 atom stereocenters. The van der Waals surface area contributed by atoms with Crippen molar-refractivity contribution in [1.29, 1.82) is 0 Å². The van der Waals surface area contributed by atoms with Gasteiger partial charge in [-0.05, 0) is 25.1 Å². The van der Waals surface area contributed by atoms with Gasteiger partial charge in [0, 0.05) is 10.3 Å². The zero-order valence-electron chi connectivity index (χ0n) is 9.71. The fourth-order valence-electron chi connectivity index (χ4n) is 1.68. The van der Waals surface area contributed by atoms with E-state index in [0.717, 1.165) is 26.8 Å². The topological polar surface area (TPSA) is 64.9 Å². The normalized spacial score (nSPS) is 11.2. The molecule has 0 amide bonds. The van der Waals surface area contributed by atoms with Gasteiger partial charge < -0.3 is 10.2 Å². The number of rotatable bonds is 3. The van der Waals surface area contributed by atoms with Gasteiger partial charge in [0.2, 0.25) is 5.95 Å². The van der Waals surface area contributed by atoms with Crippen LogP contribution in [0.5, 0.6) is 0 Å². The number of aromatic nitrogens is 2. The number of furan rings is 1. The lowest BCUT2D eigenvalue weighted by molar-refractivity contribution is 0.530. The number of nitrogens with two attached hydrogens (primary N) is 1. The Morgan fingerprint density at radius 1 is 1.44 bits per heavy atom. The summed E-state index contributed by atoms with van der Waals surface area (Å²) in [5.74, 6) is 2.00. The molecule has 0 aromatic carbocycles. The molecule has 2 N–H and O–H groups in total. The number of hydrogen-bond donors (Lipinski definition) is 1. The molecule has 3 aromatic heterocycles. The number of thiophene rings is 1. The molecule has 6 heteroatoms. The predicted molar refractivity (Wildman–Crippen MR) is 74.8 cm³/mol. The van der Waals surface area contributed by atoms with Crippen molar-refractivity contribution in [2.45, 2.75) is 17.7 Å². The summed E-state index contributed by atoms with van der Waals surface area (Å²) in [5.41, 5.74) is 5.73. The van der Waals surface area contributed by atoms with Crippen LogP contribution in [0.4, 0.5) is 5.95 Å². The molecule has 3 rings (SSSR count). The molecule has 92 valence electrons. The first-order valence-electron chi connectivity index (χ1n) is 5.41. The van der Waals surface area contributed by atoms with Gasteiger partial charge in [-0.2, -0.15) is 0 Å². The van der Waals surface area contributed by atoms with Gasteiger partial charge in [-0.3, -0.25) is 0 Å². The maximum absolute atomic E-state index is 5.73. The lowest BCUT2D eigenvalue weighted by atomic mass is 10.4. The Bertz CT molecular complexity index is 676. The van der Waals surface area contributed by atoms with Crippen molar-refractivity contribution in [3.8, 4) is 0 Å². The van der Waals surface area contributed by atoms with Crippen molar-refractivity contribution in [3.05, 3.63) is 35.1 Å². The van der Waals surface area contributed by atoms with Crippen LogP contribution in [-0.2, 0) is 5.75 Å². The van der Waals surface area contributed by atoms with Crippen LogP contribution in [0.1, 0.15) is 10.6 Å². The van der Waals surface area contributed by atoms with Gasteiger partial charge in [0.05, 0.1) is 12.0 Å². The molecule has 0 unspecified atom stereocenters. The van der Waals surface area contributed by atoms with Crippen LogP contribution < -0.4 is 5.73 Å². The Morgan fingerprint density at radius 2 is 2.33 bits per heavy atom. The third kappa shape index (κ3) is 2.21. The maximum atomic E-state index is 5.73. The summed E-state index contributed by atoms with van der Waals surface area (Å²) in [7, 11) is 0. The van der Waals surface area contributed by atoms with Gasteiger partial charge in [0.15, 0.2) is 0 Å². The Labute approximate surface area is 112 Å². The minimum absolute atomic E-state index is 0.325. The Morgan fingerprint density at radius 3 is 3.11 bits per heavy atom. The summed E-state index contributed by atoms with van der Waals surface area (Å²) in [4.78, 5) is 10.7. The monoisotopic (exact) mass is 277 g/mol. The molecule has 0 aliphatic heterocycles. The molecule has 0 radical (unpaired) electrons. The molecular weight excluding hydrogens is 266 g/mol. The van der Waals surface area contributed by atoms with Crippen LogP contribution >= 0.6 is 23.1 Å². The molecule has 0 bridgehead atoms. The molecule has 0 spiro atoms. The molecule has 0 fully saturated rings. The van der Waals surface area contributed by atoms with Crippen molar-refractivity contribution < 1.29 is 4.42 Å². The Balaban J connectivity index is 1.95. The highest BCUT2D eigenvalue weighted by Crippen LogP contribution is 2.33. The van der Waals surface area contributed by atoms with Crippen LogP contribution in [-0.4, -0.2) is 9.97 Å². The lowest BCUT2D eigenvalue weighted by Gasteiger charge is -2.01. The maximum Gasteiger partial charge on any atom is 0.222 e. The Kier molecular flexibility index (Phi) is 2.97. The summed E-state index contributed by atoms with van der Waals surface area (Å²) in [5, 5.41) is 1.99. The third-order valence-corrected chi connectivity index (χ3v) is 4.39.